The predicted octanol–water partition coefficient (Wildman–Crippen LogP) is 2.89. The molecule has 0 aliphatic carbocycles. The first-order chi connectivity index (χ1) is 9.49. The number of nitrogens with one attached hydrogen (secondary N) is 1. The highest BCUT2D eigenvalue weighted by molar-refractivity contribution is 6.19. The van der Waals surface area contributed by atoms with Gasteiger partial charge in [0, 0.05) is 11.3 Å². The molecule has 0 amide bonds. The Labute approximate surface area is 115 Å². The highest BCUT2D eigenvalue weighted by Crippen LogP contribution is 2.31. The van der Waals surface area contributed by atoms with Crippen molar-refractivity contribution in [3.63, 3.8) is 0 Å². The van der Waals surface area contributed by atoms with Crippen molar-refractivity contribution in [3.05, 3.63) is 46.1 Å². The molecule has 0 unspecified atom stereocenters. The molecule has 2 heterocycles. The van der Waals surface area contributed by atoms with Crippen LogP contribution in [0.3, 0.4) is 0 Å². The summed E-state index contributed by atoms with van der Waals surface area (Å²) >= 11 is 0. The van der Waals surface area contributed by atoms with Gasteiger partial charge >= 0.3 is 0 Å². The number of hydrogen-bond acceptors (Lipinski definition) is 4. The number of carbonyl (C=O) groups is 1. The number of nitrogen functional groups attached to an aromatic ring is 1. The fourth-order valence-corrected chi connectivity index (χ4v) is 2.48. The van der Waals surface area contributed by atoms with Gasteiger partial charge in [0.25, 0.3) is 0 Å². The topological polar surface area (TPSA) is 84.9 Å². The summed E-state index contributed by atoms with van der Waals surface area (Å²) in [5.41, 5.74) is 10.0. The molecule has 5 nitrogen and oxygen atoms in total. The number of aryl methyl sites for hydroxylation is 3. The van der Waals surface area contributed by atoms with Crippen molar-refractivity contribution in [1.29, 1.82) is 0 Å². The number of ketones is 1. The summed E-state index contributed by atoms with van der Waals surface area (Å²) in [5, 5.41) is 7.45. The van der Waals surface area contributed by atoms with Gasteiger partial charge in [-0.05, 0) is 26.3 Å². The van der Waals surface area contributed by atoms with E-state index in [9.17, 15) is 4.79 Å². The van der Waals surface area contributed by atoms with E-state index in [0.717, 1.165) is 16.8 Å². The smallest absolute Gasteiger partial charge is 0.248 e. The second-order valence-electron chi connectivity index (χ2n) is 5.02. The van der Waals surface area contributed by atoms with Crippen LogP contribution in [-0.4, -0.2) is 16.0 Å². The molecule has 0 radical (unpaired) electrons. The third-order valence-corrected chi connectivity index (χ3v) is 3.47. The summed E-state index contributed by atoms with van der Waals surface area (Å²) in [6.07, 6.45) is 0. The minimum absolute atomic E-state index is 0.115. The normalized spacial score (nSPS) is 11.2. The first-order valence-electron chi connectivity index (χ1n) is 6.34. The number of H-pyrrole nitrogens is 1. The molecule has 0 saturated heterocycles. The van der Waals surface area contributed by atoms with Crippen molar-refractivity contribution in [2.24, 2.45) is 0 Å². The Balaban J connectivity index is 2.22. The molecule has 0 aliphatic rings. The van der Waals surface area contributed by atoms with Gasteiger partial charge in [-0.1, -0.05) is 23.8 Å². The van der Waals surface area contributed by atoms with Crippen LogP contribution in [0.25, 0.3) is 11.1 Å². The van der Waals surface area contributed by atoms with Crippen LogP contribution in [0.5, 0.6) is 0 Å². The lowest BCUT2D eigenvalue weighted by Gasteiger charge is -2.05. The molecule has 3 N–H and O–H groups in total. The molecule has 0 atom stereocenters. The van der Waals surface area contributed by atoms with Crippen molar-refractivity contribution in [1.82, 2.24) is 10.2 Å². The molecule has 0 spiro atoms. The van der Waals surface area contributed by atoms with E-state index in [2.05, 4.69) is 10.2 Å². The number of anilines is 1. The van der Waals surface area contributed by atoms with E-state index >= 15 is 0 Å². The molecular weight excluding hydrogens is 254 g/mol. The monoisotopic (exact) mass is 269 g/mol. The minimum Gasteiger partial charge on any atom is -0.420 e. The van der Waals surface area contributed by atoms with E-state index in [0.29, 0.717) is 22.2 Å². The van der Waals surface area contributed by atoms with Crippen molar-refractivity contribution in [3.8, 4) is 0 Å². The Morgan fingerprint density at radius 1 is 1.30 bits per heavy atom. The average molecular weight is 269 g/mol. The lowest BCUT2D eigenvalue weighted by molar-refractivity contribution is 0.104. The summed E-state index contributed by atoms with van der Waals surface area (Å²) in [7, 11) is 0. The van der Waals surface area contributed by atoms with Crippen molar-refractivity contribution in [2.45, 2.75) is 20.8 Å². The van der Waals surface area contributed by atoms with Gasteiger partial charge in [-0.3, -0.25) is 9.89 Å². The fourth-order valence-electron chi connectivity index (χ4n) is 2.48. The van der Waals surface area contributed by atoms with Crippen LogP contribution >= 0.6 is 0 Å². The van der Waals surface area contributed by atoms with E-state index in [1.807, 2.05) is 39.0 Å². The van der Waals surface area contributed by atoms with Crippen LogP contribution in [0.15, 0.2) is 22.6 Å². The van der Waals surface area contributed by atoms with Gasteiger partial charge in [-0.25, -0.2) is 0 Å². The van der Waals surface area contributed by atoms with Gasteiger partial charge in [0.2, 0.25) is 11.6 Å². The molecule has 0 aliphatic heterocycles. The number of furan rings is 1. The second-order valence-corrected chi connectivity index (χ2v) is 5.02. The molecule has 20 heavy (non-hydrogen) atoms. The zero-order chi connectivity index (χ0) is 14.4. The van der Waals surface area contributed by atoms with Gasteiger partial charge in [0.1, 0.15) is 0 Å². The Kier molecular flexibility index (Phi) is 2.64. The van der Waals surface area contributed by atoms with Gasteiger partial charge in [0.05, 0.1) is 10.9 Å². The maximum Gasteiger partial charge on any atom is 0.248 e. The Hall–Kier alpha value is -2.56. The lowest BCUT2D eigenvalue weighted by atomic mass is 9.97. The molecule has 3 rings (SSSR count). The van der Waals surface area contributed by atoms with Crippen molar-refractivity contribution < 1.29 is 9.21 Å². The van der Waals surface area contributed by atoms with Crippen LogP contribution in [0.4, 0.5) is 5.88 Å². The molecule has 1 aromatic carbocycles. The molecule has 0 saturated carbocycles. The maximum absolute atomic E-state index is 12.7. The maximum atomic E-state index is 12.7. The van der Waals surface area contributed by atoms with Gasteiger partial charge < -0.3 is 10.2 Å². The fraction of sp³-hybridized carbons (Fsp3) is 0.200. The molecule has 3 aromatic rings. The zero-order valence-corrected chi connectivity index (χ0v) is 11.6. The van der Waals surface area contributed by atoms with E-state index in [1.165, 1.54) is 0 Å². The number of aromatic nitrogens is 2. The van der Waals surface area contributed by atoms with Gasteiger partial charge in [0.15, 0.2) is 5.78 Å². The largest absolute Gasteiger partial charge is 0.420 e. The van der Waals surface area contributed by atoms with Gasteiger partial charge in [-0.2, -0.15) is 0 Å². The highest BCUT2D eigenvalue weighted by Gasteiger charge is 2.24. The van der Waals surface area contributed by atoms with E-state index in [-0.39, 0.29) is 11.7 Å². The Morgan fingerprint density at radius 2 is 2.05 bits per heavy atom. The molecule has 5 heteroatoms. The Morgan fingerprint density at radius 3 is 2.75 bits per heavy atom. The van der Waals surface area contributed by atoms with Gasteiger partial charge in [-0.15, -0.1) is 5.10 Å². The summed E-state index contributed by atoms with van der Waals surface area (Å²) in [6.45, 7) is 5.74. The van der Waals surface area contributed by atoms with Crippen LogP contribution in [0, 0.1) is 20.8 Å². The predicted molar refractivity (Wildman–Crippen MR) is 76.9 cm³/mol. The van der Waals surface area contributed by atoms with Crippen LogP contribution in [-0.2, 0) is 0 Å². The first kappa shape index (κ1) is 12.5. The van der Waals surface area contributed by atoms with Crippen LogP contribution < -0.4 is 5.73 Å². The summed E-state index contributed by atoms with van der Waals surface area (Å²) < 4.78 is 5.34. The van der Waals surface area contributed by atoms with E-state index < -0.39 is 0 Å². The number of benzene rings is 1. The zero-order valence-electron chi connectivity index (χ0n) is 11.6. The van der Waals surface area contributed by atoms with Crippen LogP contribution in [0.1, 0.15) is 32.7 Å². The quantitative estimate of drug-likeness (QED) is 0.700. The Bertz CT molecular complexity index is 827. The molecule has 0 fully saturated rings. The summed E-state index contributed by atoms with van der Waals surface area (Å²) in [6, 6.07) is 5.71. The number of hydrogen-bond donors (Lipinski definition) is 2. The molecular formula is C15H15N3O2. The average Bonchev–Trinajstić information content (AvgIpc) is 2.88. The molecule has 2 aromatic heterocycles. The first-order valence-corrected chi connectivity index (χ1v) is 6.34. The lowest BCUT2D eigenvalue weighted by Crippen LogP contribution is -2.06. The number of aromatic amines is 1. The number of nitrogens with zero attached hydrogens (tertiary/aromatic N) is 1. The molecule has 102 valence electrons. The third-order valence-electron chi connectivity index (χ3n) is 3.47. The third kappa shape index (κ3) is 1.71. The summed E-state index contributed by atoms with van der Waals surface area (Å²) in [4.78, 5) is 12.7. The number of rotatable bonds is 2. The van der Waals surface area contributed by atoms with Crippen LogP contribution in [0.2, 0.25) is 0 Å². The molecule has 0 bridgehead atoms. The summed E-state index contributed by atoms with van der Waals surface area (Å²) in [5.74, 6) is -0.0205. The SMILES string of the molecule is Cc1ccc(C(=O)c2c(N)oc3n[nH]c(C)c23)c(C)c1. The standard InChI is InChI=1S/C15H15N3O2/c1-7-4-5-10(8(2)6-7)13(19)12-11-9(3)17-18-15(11)20-14(12)16/h4-6H,16H2,1-3H3,(H,17,18). The number of nitrogens with two attached hydrogens (primary N) is 1. The van der Waals surface area contributed by atoms with Crippen molar-refractivity contribution in [2.75, 3.05) is 5.73 Å². The van der Waals surface area contributed by atoms with E-state index in [4.69, 9.17) is 10.2 Å². The number of carbonyl (C=O) groups excluding carboxylic acids is 1. The number of fused-ring (bicyclic) bond motifs is 1. The second kappa shape index (κ2) is 4.23. The van der Waals surface area contributed by atoms with E-state index in [1.54, 1.807) is 0 Å². The van der Waals surface area contributed by atoms with Crippen molar-refractivity contribution >= 4 is 22.8 Å². The minimum atomic E-state index is -0.136. The highest BCUT2D eigenvalue weighted by atomic mass is 16.4.